The summed E-state index contributed by atoms with van der Waals surface area (Å²) in [5.74, 6) is 0.514. The van der Waals surface area contributed by atoms with Gasteiger partial charge in [0.2, 0.25) is 0 Å². The van der Waals surface area contributed by atoms with Crippen molar-refractivity contribution in [3.05, 3.63) is 107 Å². The number of thiocarbonyl (C=S) groups is 1. The van der Waals surface area contributed by atoms with E-state index in [4.69, 9.17) is 26.7 Å². The van der Waals surface area contributed by atoms with Crippen LogP contribution in [0.15, 0.2) is 79.0 Å². The van der Waals surface area contributed by atoms with E-state index in [-0.39, 0.29) is 18.1 Å². The van der Waals surface area contributed by atoms with Crippen LogP contribution in [0.2, 0.25) is 0 Å². The monoisotopic (exact) mass is 566 g/mol. The lowest BCUT2D eigenvalue weighted by atomic mass is 9.96. The molecule has 1 saturated heterocycles. The Bertz CT molecular complexity index is 1560. The summed E-state index contributed by atoms with van der Waals surface area (Å²) in [5.41, 5.74) is 6.29. The number of aromatic nitrogens is 2. The highest BCUT2D eigenvalue weighted by Gasteiger charge is 2.42. The van der Waals surface area contributed by atoms with Gasteiger partial charge in [-0.1, -0.05) is 18.2 Å². The minimum absolute atomic E-state index is 0.177. The molecule has 7 nitrogen and oxygen atoms in total. The molecule has 2 fully saturated rings. The number of carbonyl (C=O) groups is 1. The number of aryl methyl sites for hydroxylation is 1. The quantitative estimate of drug-likeness (QED) is 0.195. The van der Waals surface area contributed by atoms with Gasteiger partial charge < -0.3 is 24.3 Å². The van der Waals surface area contributed by atoms with Crippen LogP contribution in [0.3, 0.4) is 0 Å². The van der Waals surface area contributed by atoms with E-state index in [2.05, 4.69) is 46.8 Å². The Kier molecular flexibility index (Phi) is 7.49. The normalized spacial score (nSPS) is 18.9. The summed E-state index contributed by atoms with van der Waals surface area (Å²) in [6.07, 6.45) is 6.81. The number of hydrogen-bond donors (Lipinski definition) is 1. The van der Waals surface area contributed by atoms with Gasteiger partial charge in [-0.15, -0.1) is 0 Å². The van der Waals surface area contributed by atoms with Gasteiger partial charge in [0.25, 0.3) is 0 Å². The first-order valence-corrected chi connectivity index (χ1v) is 14.5. The molecule has 2 aromatic carbocycles. The summed E-state index contributed by atoms with van der Waals surface area (Å²) in [6, 6.07) is 23.5. The van der Waals surface area contributed by atoms with Gasteiger partial charge in [0.05, 0.1) is 42.2 Å². The fraction of sp³-hybridized carbons (Fsp3) is 0.303. The third-order valence-corrected chi connectivity index (χ3v) is 8.47. The molecule has 0 bridgehead atoms. The first-order chi connectivity index (χ1) is 20.0. The number of nitrogens with zero attached hydrogens (tertiary/aromatic N) is 3. The fourth-order valence-electron chi connectivity index (χ4n) is 6.24. The minimum atomic E-state index is -0.369. The first-order valence-electron chi connectivity index (χ1n) is 14.1. The number of methoxy groups -OCH3 is 1. The predicted octanol–water partition coefficient (Wildman–Crippen LogP) is 6.77. The second-order valence-electron chi connectivity index (χ2n) is 10.7. The lowest BCUT2D eigenvalue weighted by Crippen LogP contribution is -2.29. The lowest BCUT2D eigenvalue weighted by molar-refractivity contribution is 0.0600. The molecule has 0 unspecified atom stereocenters. The smallest absolute Gasteiger partial charge is 0.339 e. The van der Waals surface area contributed by atoms with Crippen molar-refractivity contribution in [2.45, 2.75) is 57.7 Å². The van der Waals surface area contributed by atoms with Crippen LogP contribution < -0.4 is 15.0 Å². The van der Waals surface area contributed by atoms with Crippen LogP contribution in [-0.4, -0.2) is 33.8 Å². The highest BCUT2D eigenvalue weighted by molar-refractivity contribution is 7.80. The number of rotatable bonds is 7. The fourth-order valence-corrected chi connectivity index (χ4v) is 6.59. The van der Waals surface area contributed by atoms with Crippen LogP contribution in [0.5, 0.6) is 5.75 Å². The highest BCUT2D eigenvalue weighted by atomic mass is 32.1. The summed E-state index contributed by atoms with van der Waals surface area (Å²) in [7, 11) is 1.41. The zero-order valence-corrected chi connectivity index (χ0v) is 24.4. The van der Waals surface area contributed by atoms with Gasteiger partial charge in [-0.2, -0.15) is 0 Å². The molecule has 0 radical (unpaired) electrons. The number of nitrogens with one attached hydrogen (secondary N) is 1. The Morgan fingerprint density at radius 2 is 1.73 bits per heavy atom. The van der Waals surface area contributed by atoms with Crippen molar-refractivity contribution in [2.75, 3.05) is 12.0 Å². The summed E-state index contributed by atoms with van der Waals surface area (Å²) in [5, 5.41) is 4.19. The number of ether oxygens (including phenoxy) is 2. The highest BCUT2D eigenvalue weighted by Crippen LogP contribution is 2.44. The van der Waals surface area contributed by atoms with Crippen molar-refractivity contribution in [3.63, 3.8) is 0 Å². The predicted molar refractivity (Wildman–Crippen MR) is 164 cm³/mol. The van der Waals surface area contributed by atoms with Gasteiger partial charge >= 0.3 is 5.97 Å². The third-order valence-electron chi connectivity index (χ3n) is 8.16. The van der Waals surface area contributed by atoms with Crippen LogP contribution in [0.1, 0.15) is 70.8 Å². The van der Waals surface area contributed by atoms with E-state index in [0.717, 1.165) is 52.6 Å². The Hall–Kier alpha value is -4.17. The molecule has 210 valence electrons. The van der Waals surface area contributed by atoms with E-state index < -0.39 is 0 Å². The maximum Gasteiger partial charge on any atom is 0.339 e. The molecule has 4 aromatic rings. The summed E-state index contributed by atoms with van der Waals surface area (Å²) in [6.45, 7) is 4.14. The number of benzene rings is 2. The van der Waals surface area contributed by atoms with Crippen molar-refractivity contribution in [2.24, 2.45) is 0 Å². The first kappa shape index (κ1) is 27.0. The molecule has 2 atom stereocenters. The van der Waals surface area contributed by atoms with Gasteiger partial charge in [0, 0.05) is 23.3 Å². The number of hydrogen-bond acceptors (Lipinski definition) is 5. The SMILES string of the molecule is COC(=O)c1ccccc1-n1c(C)cc([C@@H]2[C@H](c3ccccn3)NC(=S)N2c2ccc(OC3CCCC3)cc2)c1C. The van der Waals surface area contributed by atoms with Crippen molar-refractivity contribution in [1.29, 1.82) is 0 Å². The zero-order valence-electron chi connectivity index (χ0n) is 23.5. The Morgan fingerprint density at radius 3 is 2.44 bits per heavy atom. The molecule has 8 heteroatoms. The van der Waals surface area contributed by atoms with Crippen molar-refractivity contribution in [3.8, 4) is 11.4 Å². The van der Waals surface area contributed by atoms with Gasteiger partial charge in [-0.25, -0.2) is 4.79 Å². The molecule has 1 N–H and O–H groups in total. The van der Waals surface area contributed by atoms with Crippen LogP contribution in [0.25, 0.3) is 5.69 Å². The third kappa shape index (κ3) is 5.08. The van der Waals surface area contributed by atoms with E-state index in [1.54, 1.807) is 6.07 Å². The standard InChI is InChI=1S/C33H34N4O3S/c1-21-20-27(22(2)36(21)29-14-7-6-12-26(29)32(38)39-3)31-30(28-13-8-9-19-34-28)35-33(41)37(31)23-15-17-25(18-16-23)40-24-10-4-5-11-24/h6-9,12-20,24,30-31H,4-5,10-11H2,1-3H3,(H,35,41)/t30-,31+/m0/s1. The van der Waals surface area contributed by atoms with Gasteiger partial charge in [0.1, 0.15) is 5.75 Å². The molecule has 41 heavy (non-hydrogen) atoms. The molecule has 6 rings (SSSR count). The molecular formula is C33H34N4O3S. The molecule has 0 spiro atoms. The van der Waals surface area contributed by atoms with E-state index in [0.29, 0.717) is 16.8 Å². The summed E-state index contributed by atoms with van der Waals surface area (Å²) >= 11 is 5.96. The summed E-state index contributed by atoms with van der Waals surface area (Å²) in [4.78, 5) is 19.5. The number of pyridine rings is 1. The van der Waals surface area contributed by atoms with Crippen LogP contribution >= 0.6 is 12.2 Å². The molecule has 1 saturated carbocycles. The number of para-hydroxylation sites is 1. The van der Waals surface area contributed by atoms with E-state index in [9.17, 15) is 4.79 Å². The molecule has 0 amide bonds. The Balaban J connectivity index is 1.43. The number of esters is 1. The maximum atomic E-state index is 12.7. The second-order valence-corrected chi connectivity index (χ2v) is 11.1. The maximum absolute atomic E-state index is 12.7. The molecule has 1 aliphatic heterocycles. The molecule has 2 aliphatic rings. The minimum Gasteiger partial charge on any atom is -0.490 e. The van der Waals surface area contributed by atoms with Crippen molar-refractivity contribution < 1.29 is 14.3 Å². The largest absolute Gasteiger partial charge is 0.490 e. The van der Waals surface area contributed by atoms with E-state index >= 15 is 0 Å². The van der Waals surface area contributed by atoms with Crippen LogP contribution in [0.4, 0.5) is 5.69 Å². The van der Waals surface area contributed by atoms with Gasteiger partial charge in [-0.3, -0.25) is 4.98 Å². The Labute approximate surface area is 246 Å². The second kappa shape index (κ2) is 11.4. The van der Waals surface area contributed by atoms with Crippen molar-refractivity contribution in [1.82, 2.24) is 14.9 Å². The number of carbonyl (C=O) groups excluding carboxylic acids is 1. The molecule has 3 heterocycles. The Morgan fingerprint density at radius 1 is 1.00 bits per heavy atom. The van der Waals surface area contributed by atoms with Crippen LogP contribution in [0, 0.1) is 13.8 Å². The van der Waals surface area contributed by atoms with E-state index in [1.807, 2.05) is 54.7 Å². The molecule has 2 aromatic heterocycles. The van der Waals surface area contributed by atoms with Gasteiger partial charge in [0.15, 0.2) is 5.11 Å². The van der Waals surface area contributed by atoms with Crippen molar-refractivity contribution >= 4 is 29.0 Å². The molecular weight excluding hydrogens is 532 g/mol. The van der Waals surface area contributed by atoms with Crippen LogP contribution in [-0.2, 0) is 4.74 Å². The average Bonchev–Trinajstić information content (AvgIpc) is 3.71. The van der Waals surface area contributed by atoms with Gasteiger partial charge in [-0.05, 0) is 112 Å². The number of anilines is 1. The average molecular weight is 567 g/mol. The molecule has 1 aliphatic carbocycles. The topological polar surface area (TPSA) is 68.6 Å². The van der Waals surface area contributed by atoms with E-state index in [1.165, 1.54) is 20.0 Å². The summed E-state index contributed by atoms with van der Waals surface area (Å²) < 4.78 is 13.4. The zero-order chi connectivity index (χ0) is 28.5. The lowest BCUT2D eigenvalue weighted by Gasteiger charge is -2.28.